The Hall–Kier alpha value is -3.71. The molecular formula is C21H13N5OS. The molecule has 6 nitrogen and oxygen atoms in total. The maximum absolute atomic E-state index is 12.9. The van der Waals surface area contributed by atoms with Crippen LogP contribution in [-0.4, -0.2) is 26.1 Å². The van der Waals surface area contributed by atoms with Crippen molar-refractivity contribution in [2.45, 2.75) is 0 Å². The molecule has 0 fully saturated rings. The molecule has 0 aliphatic carbocycles. The van der Waals surface area contributed by atoms with Gasteiger partial charge in [-0.1, -0.05) is 59.9 Å². The molecule has 2 aromatic heterocycles. The molecule has 1 N–H and O–H groups in total. The predicted octanol–water partition coefficient (Wildman–Crippen LogP) is 4.55. The monoisotopic (exact) mass is 383 g/mol. The van der Waals surface area contributed by atoms with Gasteiger partial charge < -0.3 is 0 Å². The van der Waals surface area contributed by atoms with Crippen LogP contribution in [-0.2, 0) is 0 Å². The van der Waals surface area contributed by atoms with Crippen molar-refractivity contribution in [1.29, 1.82) is 0 Å². The highest BCUT2D eigenvalue weighted by Crippen LogP contribution is 2.27. The molecule has 28 heavy (non-hydrogen) atoms. The minimum absolute atomic E-state index is 0.286. The summed E-state index contributed by atoms with van der Waals surface area (Å²) in [6.45, 7) is 0. The summed E-state index contributed by atoms with van der Waals surface area (Å²) < 4.78 is 0. The van der Waals surface area contributed by atoms with Crippen molar-refractivity contribution < 1.29 is 4.79 Å². The van der Waals surface area contributed by atoms with Gasteiger partial charge in [0.05, 0.1) is 22.1 Å². The van der Waals surface area contributed by atoms with E-state index in [0.717, 1.165) is 21.6 Å². The van der Waals surface area contributed by atoms with Crippen molar-refractivity contribution in [3.05, 3.63) is 78.4 Å². The quantitative estimate of drug-likeness (QED) is 0.462. The minimum Gasteiger partial charge on any atom is -0.296 e. The van der Waals surface area contributed by atoms with Crippen molar-refractivity contribution in [3.8, 4) is 10.6 Å². The Balaban J connectivity index is 1.49. The van der Waals surface area contributed by atoms with Gasteiger partial charge in [-0.15, -0.1) is 10.2 Å². The van der Waals surface area contributed by atoms with E-state index >= 15 is 0 Å². The second kappa shape index (κ2) is 6.79. The SMILES string of the molecule is O=C(Nc1nnc(-c2ccccc2)s1)c1cccc2nc3ccccc3nc12. The van der Waals surface area contributed by atoms with Gasteiger partial charge >= 0.3 is 0 Å². The normalized spacial score (nSPS) is 11.0. The maximum atomic E-state index is 12.9. The molecule has 5 aromatic rings. The highest BCUT2D eigenvalue weighted by atomic mass is 32.1. The lowest BCUT2D eigenvalue weighted by atomic mass is 10.1. The van der Waals surface area contributed by atoms with E-state index in [9.17, 15) is 4.79 Å². The number of amides is 1. The number of anilines is 1. The van der Waals surface area contributed by atoms with E-state index in [1.165, 1.54) is 11.3 Å². The molecule has 3 aromatic carbocycles. The van der Waals surface area contributed by atoms with Gasteiger partial charge in [0.2, 0.25) is 5.13 Å². The summed E-state index contributed by atoms with van der Waals surface area (Å²) in [5.41, 5.74) is 4.19. The summed E-state index contributed by atoms with van der Waals surface area (Å²) in [6.07, 6.45) is 0. The van der Waals surface area contributed by atoms with Crippen molar-refractivity contribution in [1.82, 2.24) is 20.2 Å². The van der Waals surface area contributed by atoms with Crippen LogP contribution in [0, 0.1) is 0 Å². The lowest BCUT2D eigenvalue weighted by Crippen LogP contribution is -2.13. The zero-order valence-corrected chi connectivity index (χ0v) is 15.4. The summed E-state index contributed by atoms with van der Waals surface area (Å²) >= 11 is 1.33. The average molecular weight is 383 g/mol. The first kappa shape index (κ1) is 16.5. The molecule has 0 unspecified atom stereocenters. The first-order chi connectivity index (χ1) is 13.8. The minimum atomic E-state index is -0.286. The van der Waals surface area contributed by atoms with E-state index in [0.29, 0.717) is 21.7 Å². The van der Waals surface area contributed by atoms with Gasteiger partial charge in [-0.2, -0.15) is 0 Å². The second-order valence-electron chi connectivity index (χ2n) is 6.12. The molecule has 5 rings (SSSR count). The van der Waals surface area contributed by atoms with Crippen LogP contribution >= 0.6 is 11.3 Å². The van der Waals surface area contributed by atoms with Crippen molar-refractivity contribution in [3.63, 3.8) is 0 Å². The lowest BCUT2D eigenvalue weighted by molar-refractivity contribution is 0.102. The van der Waals surface area contributed by atoms with Gasteiger partial charge in [-0.3, -0.25) is 10.1 Å². The van der Waals surface area contributed by atoms with Crippen LogP contribution in [0.2, 0.25) is 0 Å². The molecule has 0 atom stereocenters. The third-order valence-electron chi connectivity index (χ3n) is 4.28. The molecule has 0 aliphatic heterocycles. The fourth-order valence-corrected chi connectivity index (χ4v) is 3.71. The van der Waals surface area contributed by atoms with Gasteiger partial charge in [0, 0.05) is 5.56 Å². The number of nitrogens with one attached hydrogen (secondary N) is 1. The summed E-state index contributed by atoms with van der Waals surface area (Å²) in [4.78, 5) is 22.1. The first-order valence-electron chi connectivity index (χ1n) is 8.64. The topological polar surface area (TPSA) is 80.7 Å². The molecule has 0 radical (unpaired) electrons. The molecule has 2 heterocycles. The molecule has 0 spiro atoms. The standard InChI is InChI=1S/C21H13N5OS/c27-19(24-21-26-25-20(28-21)13-7-2-1-3-8-13)14-9-6-12-17-18(14)23-16-11-5-4-10-15(16)22-17/h1-12H,(H,24,26,27). The summed E-state index contributed by atoms with van der Waals surface area (Å²) in [6, 6.07) is 22.7. The Labute approximate surface area is 163 Å². The Morgan fingerprint density at radius 3 is 2.29 bits per heavy atom. The van der Waals surface area contributed by atoms with E-state index in [1.54, 1.807) is 12.1 Å². The fraction of sp³-hybridized carbons (Fsp3) is 0. The zero-order chi connectivity index (χ0) is 18.9. The molecule has 0 saturated heterocycles. The average Bonchev–Trinajstić information content (AvgIpc) is 3.21. The Bertz CT molecular complexity index is 1320. The summed E-state index contributed by atoms with van der Waals surface area (Å²) in [5, 5.41) is 12.3. The highest BCUT2D eigenvalue weighted by Gasteiger charge is 2.15. The number of hydrogen-bond donors (Lipinski definition) is 1. The molecule has 0 saturated carbocycles. The number of nitrogens with zero attached hydrogens (tertiary/aromatic N) is 4. The molecule has 7 heteroatoms. The molecular weight excluding hydrogens is 370 g/mol. The largest absolute Gasteiger partial charge is 0.296 e. The number of hydrogen-bond acceptors (Lipinski definition) is 6. The smallest absolute Gasteiger partial charge is 0.259 e. The maximum Gasteiger partial charge on any atom is 0.259 e. The molecule has 1 amide bonds. The van der Waals surface area contributed by atoms with Crippen LogP contribution in [0.25, 0.3) is 32.6 Å². The lowest BCUT2D eigenvalue weighted by Gasteiger charge is -2.06. The number of aromatic nitrogens is 4. The predicted molar refractivity (Wildman–Crippen MR) is 110 cm³/mol. The zero-order valence-electron chi connectivity index (χ0n) is 14.5. The van der Waals surface area contributed by atoms with Gasteiger partial charge in [-0.05, 0) is 24.3 Å². The van der Waals surface area contributed by atoms with E-state index in [-0.39, 0.29) is 5.91 Å². The number of carbonyl (C=O) groups is 1. The van der Waals surface area contributed by atoms with Crippen molar-refractivity contribution in [2.75, 3.05) is 5.32 Å². The van der Waals surface area contributed by atoms with Crippen molar-refractivity contribution in [2.24, 2.45) is 0 Å². The van der Waals surface area contributed by atoms with Gasteiger partial charge in [0.1, 0.15) is 10.5 Å². The third-order valence-corrected chi connectivity index (χ3v) is 5.17. The van der Waals surface area contributed by atoms with Crippen LogP contribution in [0.3, 0.4) is 0 Å². The van der Waals surface area contributed by atoms with E-state index in [4.69, 9.17) is 0 Å². The van der Waals surface area contributed by atoms with Crippen LogP contribution in [0.4, 0.5) is 5.13 Å². The number of para-hydroxylation sites is 3. The van der Waals surface area contributed by atoms with E-state index in [1.807, 2.05) is 60.7 Å². The number of rotatable bonds is 3. The first-order valence-corrected chi connectivity index (χ1v) is 9.45. The third kappa shape index (κ3) is 2.97. The number of carbonyl (C=O) groups excluding carboxylic acids is 1. The van der Waals surface area contributed by atoms with Gasteiger partial charge in [0.25, 0.3) is 5.91 Å². The second-order valence-corrected chi connectivity index (χ2v) is 7.10. The molecule has 0 bridgehead atoms. The van der Waals surface area contributed by atoms with Crippen LogP contribution in [0.15, 0.2) is 72.8 Å². The Morgan fingerprint density at radius 2 is 1.46 bits per heavy atom. The fourth-order valence-electron chi connectivity index (χ4n) is 2.96. The van der Waals surface area contributed by atoms with Crippen LogP contribution in [0.1, 0.15) is 10.4 Å². The van der Waals surface area contributed by atoms with Gasteiger partial charge in [0.15, 0.2) is 0 Å². The molecule has 134 valence electrons. The summed E-state index contributed by atoms with van der Waals surface area (Å²) in [7, 11) is 0. The number of benzene rings is 3. The van der Waals surface area contributed by atoms with E-state index in [2.05, 4.69) is 25.5 Å². The van der Waals surface area contributed by atoms with Crippen LogP contribution in [0.5, 0.6) is 0 Å². The highest BCUT2D eigenvalue weighted by molar-refractivity contribution is 7.18. The van der Waals surface area contributed by atoms with Crippen molar-refractivity contribution >= 4 is 44.4 Å². The molecule has 0 aliphatic rings. The van der Waals surface area contributed by atoms with E-state index < -0.39 is 0 Å². The van der Waals surface area contributed by atoms with Gasteiger partial charge in [-0.25, -0.2) is 9.97 Å². The number of fused-ring (bicyclic) bond motifs is 2. The summed E-state index contributed by atoms with van der Waals surface area (Å²) in [5.74, 6) is -0.286. The van der Waals surface area contributed by atoms with Crippen LogP contribution < -0.4 is 5.32 Å². The Morgan fingerprint density at radius 1 is 0.750 bits per heavy atom. The Kier molecular flexibility index (Phi) is 3.99.